The van der Waals surface area contributed by atoms with Crippen molar-refractivity contribution < 1.29 is 0 Å². The van der Waals surface area contributed by atoms with Gasteiger partial charge in [-0.3, -0.25) is 0 Å². The highest BCUT2D eigenvalue weighted by atomic mass is 32.2. The van der Waals surface area contributed by atoms with Crippen LogP contribution in [0.4, 0.5) is 5.00 Å². The lowest BCUT2D eigenvalue weighted by Gasteiger charge is -2.26. The second-order valence-electron chi connectivity index (χ2n) is 2.85. The number of nitriles is 1. The number of thioether (sulfide) groups is 1. The summed E-state index contributed by atoms with van der Waals surface area (Å²) in [5.74, 6) is 2.42. The number of rotatable bonds is 1. The second kappa shape index (κ2) is 4.03. The van der Waals surface area contributed by atoms with Gasteiger partial charge in [0.2, 0.25) is 0 Å². The molecule has 0 unspecified atom stereocenters. The van der Waals surface area contributed by atoms with Crippen molar-refractivity contribution in [1.29, 1.82) is 5.26 Å². The van der Waals surface area contributed by atoms with E-state index in [9.17, 15) is 0 Å². The highest BCUT2D eigenvalue weighted by molar-refractivity contribution is 7.99. The van der Waals surface area contributed by atoms with Gasteiger partial charge < -0.3 is 4.90 Å². The molecule has 0 aromatic carbocycles. The molecule has 1 aromatic rings. The maximum Gasteiger partial charge on any atom is 0.110 e. The zero-order valence-electron chi connectivity index (χ0n) is 7.19. The van der Waals surface area contributed by atoms with Crippen LogP contribution in [0.5, 0.6) is 0 Å². The van der Waals surface area contributed by atoms with Gasteiger partial charge in [0.15, 0.2) is 0 Å². The number of anilines is 1. The molecule has 0 bridgehead atoms. The van der Waals surface area contributed by atoms with Gasteiger partial charge in [-0.25, -0.2) is 0 Å². The average Bonchev–Trinajstić information content (AvgIpc) is 2.67. The largest absolute Gasteiger partial charge is 0.362 e. The summed E-state index contributed by atoms with van der Waals surface area (Å²) in [5, 5.41) is 9.93. The Hall–Kier alpha value is -0.660. The summed E-state index contributed by atoms with van der Waals surface area (Å²) >= 11 is 3.60. The molecule has 0 amide bonds. The van der Waals surface area contributed by atoms with Gasteiger partial charge in [-0.1, -0.05) is 0 Å². The molecule has 2 heterocycles. The van der Waals surface area contributed by atoms with Gasteiger partial charge in [-0.05, 0) is 12.1 Å². The molecule has 1 aromatic heterocycles. The fraction of sp³-hybridized carbons (Fsp3) is 0.444. The number of thiophene rings is 1. The van der Waals surface area contributed by atoms with Crippen molar-refractivity contribution in [3.05, 3.63) is 17.0 Å². The SMILES string of the molecule is N#Cc1ccc(N2CCSCC2)s1. The van der Waals surface area contributed by atoms with Crippen molar-refractivity contribution in [2.75, 3.05) is 29.5 Å². The highest BCUT2D eigenvalue weighted by Crippen LogP contribution is 2.27. The molecular formula is C9H10N2S2. The van der Waals surface area contributed by atoms with E-state index in [4.69, 9.17) is 5.26 Å². The molecule has 0 atom stereocenters. The smallest absolute Gasteiger partial charge is 0.110 e. The monoisotopic (exact) mass is 210 g/mol. The molecule has 0 saturated carbocycles. The van der Waals surface area contributed by atoms with E-state index in [0.717, 1.165) is 18.0 Å². The predicted molar refractivity (Wildman–Crippen MR) is 58.6 cm³/mol. The molecule has 0 aliphatic carbocycles. The number of hydrogen-bond acceptors (Lipinski definition) is 4. The first kappa shape index (κ1) is 8.92. The summed E-state index contributed by atoms with van der Waals surface area (Å²) in [4.78, 5) is 3.18. The molecule has 1 aliphatic rings. The summed E-state index contributed by atoms with van der Waals surface area (Å²) in [6, 6.07) is 6.13. The predicted octanol–water partition coefficient (Wildman–Crippen LogP) is 2.17. The van der Waals surface area contributed by atoms with E-state index in [1.165, 1.54) is 16.5 Å². The number of hydrogen-bond donors (Lipinski definition) is 0. The Balaban J connectivity index is 2.11. The minimum absolute atomic E-state index is 0.813. The molecule has 2 rings (SSSR count). The van der Waals surface area contributed by atoms with Crippen molar-refractivity contribution in [2.45, 2.75) is 0 Å². The van der Waals surface area contributed by atoms with Crippen LogP contribution in [0.2, 0.25) is 0 Å². The van der Waals surface area contributed by atoms with Gasteiger partial charge in [-0.15, -0.1) is 11.3 Å². The van der Waals surface area contributed by atoms with Crippen LogP contribution in [-0.4, -0.2) is 24.6 Å². The molecule has 4 heteroatoms. The zero-order valence-corrected chi connectivity index (χ0v) is 8.83. The molecule has 2 nitrogen and oxygen atoms in total. The Morgan fingerprint density at radius 2 is 2.08 bits per heavy atom. The van der Waals surface area contributed by atoms with Crippen molar-refractivity contribution >= 4 is 28.1 Å². The Morgan fingerprint density at radius 1 is 1.31 bits per heavy atom. The van der Waals surface area contributed by atoms with E-state index in [-0.39, 0.29) is 0 Å². The first-order valence-electron chi connectivity index (χ1n) is 4.23. The van der Waals surface area contributed by atoms with E-state index in [0.29, 0.717) is 0 Å². The van der Waals surface area contributed by atoms with Crippen LogP contribution in [0, 0.1) is 11.3 Å². The Labute approximate surface area is 86.2 Å². The van der Waals surface area contributed by atoms with E-state index in [1.807, 2.05) is 17.8 Å². The van der Waals surface area contributed by atoms with Crippen LogP contribution >= 0.6 is 23.1 Å². The van der Waals surface area contributed by atoms with Crippen LogP contribution in [-0.2, 0) is 0 Å². The maximum atomic E-state index is 8.69. The van der Waals surface area contributed by atoms with Gasteiger partial charge in [0, 0.05) is 24.6 Å². The van der Waals surface area contributed by atoms with Gasteiger partial charge in [0.25, 0.3) is 0 Å². The van der Waals surface area contributed by atoms with E-state index >= 15 is 0 Å². The van der Waals surface area contributed by atoms with E-state index in [2.05, 4.69) is 17.0 Å². The fourth-order valence-corrected chi connectivity index (χ4v) is 3.10. The third-order valence-electron chi connectivity index (χ3n) is 2.02. The van der Waals surface area contributed by atoms with E-state index < -0.39 is 0 Å². The first-order valence-corrected chi connectivity index (χ1v) is 6.20. The Bertz CT molecular complexity index is 321. The minimum Gasteiger partial charge on any atom is -0.362 e. The molecule has 0 N–H and O–H groups in total. The third kappa shape index (κ3) is 1.98. The average molecular weight is 210 g/mol. The molecule has 1 aliphatic heterocycles. The maximum absolute atomic E-state index is 8.69. The van der Waals surface area contributed by atoms with Crippen molar-refractivity contribution in [3.63, 3.8) is 0 Å². The summed E-state index contributed by atoms with van der Waals surface area (Å²) in [6.07, 6.45) is 0. The van der Waals surface area contributed by atoms with Crippen LogP contribution < -0.4 is 4.90 Å². The van der Waals surface area contributed by atoms with Crippen LogP contribution in [0.1, 0.15) is 4.88 Å². The van der Waals surface area contributed by atoms with Crippen LogP contribution in [0.15, 0.2) is 12.1 Å². The molecule has 1 saturated heterocycles. The lowest BCUT2D eigenvalue weighted by molar-refractivity contribution is 0.868. The summed E-state index contributed by atoms with van der Waals surface area (Å²) < 4.78 is 0. The quantitative estimate of drug-likeness (QED) is 0.711. The van der Waals surface area contributed by atoms with Crippen molar-refractivity contribution in [2.24, 2.45) is 0 Å². The minimum atomic E-state index is 0.813. The van der Waals surface area contributed by atoms with Crippen molar-refractivity contribution in [1.82, 2.24) is 0 Å². The van der Waals surface area contributed by atoms with E-state index in [1.54, 1.807) is 11.3 Å². The van der Waals surface area contributed by atoms with Crippen LogP contribution in [0.3, 0.4) is 0 Å². The number of nitrogens with zero attached hydrogens (tertiary/aromatic N) is 2. The van der Waals surface area contributed by atoms with Gasteiger partial charge in [0.1, 0.15) is 10.9 Å². The lowest BCUT2D eigenvalue weighted by Crippen LogP contribution is -2.31. The molecule has 0 spiro atoms. The first-order chi connectivity index (χ1) is 6.40. The molecule has 0 radical (unpaired) electrons. The standard InChI is InChI=1S/C9H10N2S2/c10-7-8-1-2-9(13-8)11-3-5-12-6-4-11/h1-2H,3-6H2. The normalized spacial score (nSPS) is 17.0. The summed E-state index contributed by atoms with van der Waals surface area (Å²) in [6.45, 7) is 2.24. The summed E-state index contributed by atoms with van der Waals surface area (Å²) in [5.41, 5.74) is 0. The van der Waals surface area contributed by atoms with Crippen LogP contribution in [0.25, 0.3) is 0 Å². The van der Waals surface area contributed by atoms with Gasteiger partial charge in [0.05, 0.1) is 5.00 Å². The fourth-order valence-electron chi connectivity index (χ4n) is 1.34. The van der Waals surface area contributed by atoms with Crippen molar-refractivity contribution in [3.8, 4) is 6.07 Å². The Morgan fingerprint density at radius 3 is 2.69 bits per heavy atom. The highest BCUT2D eigenvalue weighted by Gasteiger charge is 2.12. The topological polar surface area (TPSA) is 27.0 Å². The summed E-state index contributed by atoms with van der Waals surface area (Å²) in [7, 11) is 0. The zero-order chi connectivity index (χ0) is 9.10. The van der Waals surface area contributed by atoms with Gasteiger partial charge >= 0.3 is 0 Å². The second-order valence-corrected chi connectivity index (χ2v) is 5.14. The molecular weight excluding hydrogens is 200 g/mol. The molecule has 1 fully saturated rings. The molecule has 13 heavy (non-hydrogen) atoms. The molecule has 68 valence electrons. The third-order valence-corrected chi connectivity index (χ3v) is 4.02. The lowest BCUT2D eigenvalue weighted by atomic mass is 10.4. The van der Waals surface area contributed by atoms with Gasteiger partial charge in [-0.2, -0.15) is 17.0 Å². The Kier molecular flexibility index (Phi) is 2.77.